The Morgan fingerprint density at radius 2 is 2.03 bits per heavy atom. The third kappa shape index (κ3) is 3.41. The average Bonchev–Trinajstić information content (AvgIpc) is 3.52. The van der Waals surface area contributed by atoms with Crippen LogP contribution in [-0.2, 0) is 6.54 Å². The summed E-state index contributed by atoms with van der Waals surface area (Å²) in [7, 11) is 1.58. The number of imidazole rings is 1. The van der Waals surface area contributed by atoms with Gasteiger partial charge in [0.1, 0.15) is 17.1 Å². The summed E-state index contributed by atoms with van der Waals surface area (Å²) in [4.78, 5) is 22.5. The zero-order valence-electron chi connectivity index (χ0n) is 16.4. The highest BCUT2D eigenvalue weighted by Gasteiger charge is 2.23. The number of hydrogen-bond donors (Lipinski definition) is 1. The highest BCUT2D eigenvalue weighted by atomic mass is 19.1. The third-order valence-electron chi connectivity index (χ3n) is 5.13. The first-order valence-electron chi connectivity index (χ1n) is 9.76. The van der Waals surface area contributed by atoms with E-state index in [1.807, 2.05) is 18.2 Å². The second-order valence-corrected chi connectivity index (χ2v) is 7.36. The van der Waals surface area contributed by atoms with E-state index in [1.165, 1.54) is 16.7 Å². The van der Waals surface area contributed by atoms with Crippen LogP contribution < -0.4 is 15.7 Å². The minimum absolute atomic E-state index is 0.211. The lowest BCUT2D eigenvalue weighted by atomic mass is 10.2. The Morgan fingerprint density at radius 1 is 1.20 bits per heavy atom. The molecular formula is C22H20FN5O2. The van der Waals surface area contributed by atoms with Gasteiger partial charge in [-0.2, -0.15) is 4.98 Å². The highest BCUT2D eigenvalue weighted by Crippen LogP contribution is 2.25. The fraction of sp³-hybridized carbons (Fsp3) is 0.227. The molecule has 1 fully saturated rings. The normalized spacial score (nSPS) is 13.5. The zero-order valence-corrected chi connectivity index (χ0v) is 16.4. The average molecular weight is 405 g/mol. The van der Waals surface area contributed by atoms with Gasteiger partial charge in [0, 0.05) is 12.1 Å². The summed E-state index contributed by atoms with van der Waals surface area (Å²) in [5, 5.41) is 3.27. The summed E-state index contributed by atoms with van der Waals surface area (Å²) in [6.07, 6.45) is 3.82. The van der Waals surface area contributed by atoms with Gasteiger partial charge in [0.2, 0.25) is 5.95 Å². The van der Waals surface area contributed by atoms with Crippen LogP contribution in [-0.4, -0.2) is 32.3 Å². The van der Waals surface area contributed by atoms with E-state index in [2.05, 4.69) is 15.3 Å². The number of fused-ring (bicyclic) bond motifs is 1. The molecule has 0 aliphatic heterocycles. The molecule has 30 heavy (non-hydrogen) atoms. The first-order chi connectivity index (χ1) is 14.6. The standard InChI is InChI=1S/C22H20FN5O2/c1-30-18-7-3-6-17(11-18)28-20-19(12-24-21(26-20)25-16-8-9-16)27(22(28)29)13-14-4-2-5-15(23)10-14/h2-7,10-12,16H,8-9,13H2,1H3,(H,24,25,26). The largest absolute Gasteiger partial charge is 0.497 e. The number of halogens is 1. The topological polar surface area (TPSA) is 74.0 Å². The molecular weight excluding hydrogens is 385 g/mol. The minimum Gasteiger partial charge on any atom is -0.497 e. The summed E-state index contributed by atoms with van der Waals surface area (Å²) < 4.78 is 22.1. The van der Waals surface area contributed by atoms with Gasteiger partial charge in [-0.1, -0.05) is 18.2 Å². The monoisotopic (exact) mass is 405 g/mol. The molecule has 0 unspecified atom stereocenters. The summed E-state index contributed by atoms with van der Waals surface area (Å²) in [5.41, 5.74) is 2.11. The molecule has 1 aliphatic carbocycles. The van der Waals surface area contributed by atoms with Crippen LogP contribution in [0.5, 0.6) is 5.75 Å². The van der Waals surface area contributed by atoms with Crippen LogP contribution in [0.15, 0.2) is 59.5 Å². The molecule has 0 radical (unpaired) electrons. The smallest absolute Gasteiger partial charge is 0.335 e. The zero-order chi connectivity index (χ0) is 20.7. The number of hydrogen-bond acceptors (Lipinski definition) is 5. The number of benzene rings is 2. The second kappa shape index (κ2) is 7.29. The Labute approximate surface area is 171 Å². The number of aromatic nitrogens is 4. The van der Waals surface area contributed by atoms with Crippen LogP contribution in [0.4, 0.5) is 10.3 Å². The Kier molecular flexibility index (Phi) is 4.46. The molecule has 8 heteroatoms. The third-order valence-corrected chi connectivity index (χ3v) is 5.13. The van der Waals surface area contributed by atoms with Crippen molar-refractivity contribution >= 4 is 17.1 Å². The van der Waals surface area contributed by atoms with Gasteiger partial charge in [-0.3, -0.25) is 4.57 Å². The molecule has 0 spiro atoms. The minimum atomic E-state index is -0.343. The first kappa shape index (κ1) is 18.4. The molecule has 0 bridgehead atoms. The number of ether oxygens (including phenoxy) is 1. The lowest BCUT2D eigenvalue weighted by Gasteiger charge is -2.06. The summed E-state index contributed by atoms with van der Waals surface area (Å²) in [6, 6.07) is 13.8. The predicted molar refractivity (Wildman–Crippen MR) is 112 cm³/mol. The Morgan fingerprint density at radius 3 is 2.80 bits per heavy atom. The maximum Gasteiger partial charge on any atom is 0.335 e. The molecule has 1 saturated carbocycles. The van der Waals surface area contributed by atoms with Gasteiger partial charge < -0.3 is 10.1 Å². The van der Waals surface area contributed by atoms with Crippen molar-refractivity contribution in [1.29, 1.82) is 0 Å². The van der Waals surface area contributed by atoms with E-state index >= 15 is 0 Å². The van der Waals surface area contributed by atoms with Crippen molar-refractivity contribution in [3.63, 3.8) is 0 Å². The van der Waals surface area contributed by atoms with Gasteiger partial charge in [-0.05, 0) is 42.7 Å². The Balaban J connectivity index is 1.69. The van der Waals surface area contributed by atoms with Crippen molar-refractivity contribution in [1.82, 2.24) is 19.1 Å². The fourth-order valence-corrected chi connectivity index (χ4v) is 3.47. The summed E-state index contributed by atoms with van der Waals surface area (Å²) in [5.74, 6) is 0.782. The molecule has 5 rings (SSSR count). The maximum atomic E-state index is 13.7. The van der Waals surface area contributed by atoms with E-state index in [-0.39, 0.29) is 18.1 Å². The number of nitrogens with one attached hydrogen (secondary N) is 1. The second-order valence-electron chi connectivity index (χ2n) is 7.36. The van der Waals surface area contributed by atoms with Crippen LogP contribution in [0, 0.1) is 5.82 Å². The summed E-state index contributed by atoms with van der Waals surface area (Å²) >= 11 is 0. The van der Waals surface area contributed by atoms with Crippen molar-refractivity contribution in [3.8, 4) is 11.4 Å². The van der Waals surface area contributed by atoms with Crippen LogP contribution in [0.1, 0.15) is 18.4 Å². The molecule has 0 atom stereocenters. The molecule has 0 saturated heterocycles. The van der Waals surface area contributed by atoms with Gasteiger partial charge in [0.05, 0.1) is 25.5 Å². The molecule has 7 nitrogen and oxygen atoms in total. The van der Waals surface area contributed by atoms with E-state index in [0.717, 1.165) is 12.8 Å². The van der Waals surface area contributed by atoms with Gasteiger partial charge >= 0.3 is 5.69 Å². The van der Waals surface area contributed by atoms with E-state index < -0.39 is 0 Å². The molecule has 4 aromatic rings. The van der Waals surface area contributed by atoms with Gasteiger partial charge in [-0.15, -0.1) is 0 Å². The summed E-state index contributed by atoms with van der Waals surface area (Å²) in [6.45, 7) is 0.211. The molecule has 1 aliphatic rings. The van der Waals surface area contributed by atoms with Crippen molar-refractivity contribution in [3.05, 3.63) is 76.6 Å². The molecule has 2 heterocycles. The van der Waals surface area contributed by atoms with Crippen molar-refractivity contribution in [2.45, 2.75) is 25.4 Å². The Bertz CT molecular complexity index is 1290. The van der Waals surface area contributed by atoms with Gasteiger partial charge in [0.15, 0.2) is 5.65 Å². The van der Waals surface area contributed by atoms with E-state index in [0.29, 0.717) is 40.2 Å². The number of nitrogens with zero attached hydrogens (tertiary/aromatic N) is 4. The molecule has 152 valence electrons. The van der Waals surface area contributed by atoms with Crippen molar-refractivity contribution in [2.24, 2.45) is 0 Å². The van der Waals surface area contributed by atoms with E-state index in [4.69, 9.17) is 4.74 Å². The number of methoxy groups -OCH3 is 1. The molecule has 0 amide bonds. The van der Waals surface area contributed by atoms with Crippen LogP contribution in [0.25, 0.3) is 16.9 Å². The molecule has 1 N–H and O–H groups in total. The van der Waals surface area contributed by atoms with E-state index in [1.54, 1.807) is 36.1 Å². The van der Waals surface area contributed by atoms with Crippen LogP contribution >= 0.6 is 0 Å². The lowest BCUT2D eigenvalue weighted by Crippen LogP contribution is -2.23. The lowest BCUT2D eigenvalue weighted by molar-refractivity contribution is 0.414. The fourth-order valence-electron chi connectivity index (χ4n) is 3.47. The molecule has 2 aromatic heterocycles. The van der Waals surface area contributed by atoms with Gasteiger partial charge in [0.25, 0.3) is 0 Å². The van der Waals surface area contributed by atoms with Crippen LogP contribution in [0.2, 0.25) is 0 Å². The van der Waals surface area contributed by atoms with Crippen LogP contribution in [0.3, 0.4) is 0 Å². The number of anilines is 1. The maximum absolute atomic E-state index is 13.7. The first-order valence-corrected chi connectivity index (χ1v) is 9.76. The Hall–Kier alpha value is -3.68. The predicted octanol–water partition coefficient (Wildman–Crippen LogP) is 3.35. The van der Waals surface area contributed by atoms with Gasteiger partial charge in [-0.25, -0.2) is 18.7 Å². The van der Waals surface area contributed by atoms with Crippen molar-refractivity contribution in [2.75, 3.05) is 12.4 Å². The molecule has 2 aromatic carbocycles. The highest BCUT2D eigenvalue weighted by molar-refractivity contribution is 5.74. The van der Waals surface area contributed by atoms with E-state index in [9.17, 15) is 9.18 Å². The SMILES string of the molecule is COc1cccc(-n2c(=O)n(Cc3cccc(F)c3)c3cnc(NC4CC4)nc32)c1. The number of rotatable bonds is 6. The quantitative estimate of drug-likeness (QED) is 0.533. The van der Waals surface area contributed by atoms with Crippen molar-refractivity contribution < 1.29 is 9.13 Å².